The van der Waals surface area contributed by atoms with Gasteiger partial charge < -0.3 is 14.4 Å². The van der Waals surface area contributed by atoms with Crippen molar-refractivity contribution in [1.29, 1.82) is 0 Å². The van der Waals surface area contributed by atoms with Crippen LogP contribution in [0.4, 0.5) is 0 Å². The Balaban J connectivity index is 2.12. The maximum atomic E-state index is 12.1. The van der Waals surface area contributed by atoms with Gasteiger partial charge in [-0.1, -0.05) is 0 Å². The Morgan fingerprint density at radius 1 is 1.39 bits per heavy atom. The molecule has 1 amide bonds. The minimum atomic E-state index is -1.05. The molecular formula is C12H13NO5. The molecule has 1 aromatic rings. The summed E-state index contributed by atoms with van der Waals surface area (Å²) in [5, 5.41) is 8.79. The van der Waals surface area contributed by atoms with Crippen LogP contribution in [0.25, 0.3) is 0 Å². The normalized spacial score (nSPS) is 14.2. The van der Waals surface area contributed by atoms with Crippen LogP contribution < -0.4 is 5.63 Å². The zero-order chi connectivity index (χ0) is 13.1. The number of hydrogen-bond acceptors (Lipinski definition) is 4. The number of amides is 1. The first-order chi connectivity index (χ1) is 8.56. The Morgan fingerprint density at radius 2 is 2.11 bits per heavy atom. The van der Waals surface area contributed by atoms with Gasteiger partial charge in [0.2, 0.25) is 0 Å². The molecule has 6 heteroatoms. The Morgan fingerprint density at radius 3 is 2.61 bits per heavy atom. The molecule has 0 bridgehead atoms. The number of nitrogens with zero attached hydrogens (tertiary/aromatic N) is 1. The first kappa shape index (κ1) is 12.3. The van der Waals surface area contributed by atoms with Gasteiger partial charge in [-0.15, -0.1) is 0 Å². The molecule has 1 aliphatic rings. The molecule has 6 nitrogen and oxygen atoms in total. The smallest absolute Gasteiger partial charge is 0.335 e. The molecule has 1 aromatic heterocycles. The van der Waals surface area contributed by atoms with E-state index in [2.05, 4.69) is 4.42 Å². The van der Waals surface area contributed by atoms with Crippen LogP contribution in [0.15, 0.2) is 27.6 Å². The maximum Gasteiger partial charge on any atom is 0.335 e. The predicted octanol–water partition coefficient (Wildman–Crippen LogP) is 0.577. The summed E-state index contributed by atoms with van der Waals surface area (Å²) in [6, 6.07) is 2.49. The first-order valence-corrected chi connectivity index (χ1v) is 5.66. The van der Waals surface area contributed by atoms with Crippen LogP contribution >= 0.6 is 0 Å². The van der Waals surface area contributed by atoms with Crippen molar-refractivity contribution in [2.45, 2.75) is 12.8 Å². The second-order valence-corrected chi connectivity index (χ2v) is 4.37. The van der Waals surface area contributed by atoms with Gasteiger partial charge in [0.15, 0.2) is 0 Å². The van der Waals surface area contributed by atoms with Crippen LogP contribution in [0.3, 0.4) is 0 Å². The van der Waals surface area contributed by atoms with Crippen LogP contribution in [0.5, 0.6) is 0 Å². The molecule has 2 rings (SSSR count). The van der Waals surface area contributed by atoms with Gasteiger partial charge in [0.1, 0.15) is 12.8 Å². The molecule has 0 saturated heterocycles. The van der Waals surface area contributed by atoms with E-state index in [1.807, 2.05) is 0 Å². The van der Waals surface area contributed by atoms with E-state index in [0.717, 1.165) is 25.2 Å². The first-order valence-electron chi connectivity index (χ1n) is 5.66. The number of carbonyl (C=O) groups is 2. The van der Waals surface area contributed by atoms with E-state index in [0.29, 0.717) is 12.5 Å². The Kier molecular flexibility index (Phi) is 3.45. The molecule has 0 unspecified atom stereocenters. The highest BCUT2D eigenvalue weighted by molar-refractivity contribution is 5.95. The van der Waals surface area contributed by atoms with E-state index in [1.54, 1.807) is 0 Å². The van der Waals surface area contributed by atoms with Crippen LogP contribution in [0, 0.1) is 5.92 Å². The van der Waals surface area contributed by atoms with E-state index >= 15 is 0 Å². The van der Waals surface area contributed by atoms with Gasteiger partial charge in [0.25, 0.3) is 5.91 Å². The van der Waals surface area contributed by atoms with Gasteiger partial charge in [0, 0.05) is 12.6 Å². The Labute approximate surface area is 103 Å². The lowest BCUT2D eigenvalue weighted by Gasteiger charge is -2.20. The number of carbonyl (C=O) groups excluding carboxylic acids is 1. The van der Waals surface area contributed by atoms with E-state index in [4.69, 9.17) is 5.11 Å². The molecule has 0 spiro atoms. The number of rotatable bonds is 5. The number of carboxylic acids is 1. The van der Waals surface area contributed by atoms with E-state index in [9.17, 15) is 14.4 Å². The minimum Gasteiger partial charge on any atom is -0.480 e. The Hall–Kier alpha value is -2.11. The van der Waals surface area contributed by atoms with Crippen molar-refractivity contribution in [2.24, 2.45) is 5.92 Å². The highest BCUT2D eigenvalue weighted by Gasteiger charge is 2.28. The molecule has 0 atom stereocenters. The van der Waals surface area contributed by atoms with E-state index in [-0.39, 0.29) is 12.1 Å². The molecule has 1 fully saturated rings. The number of carboxylic acid groups (broad SMARTS) is 1. The summed E-state index contributed by atoms with van der Waals surface area (Å²) in [6.07, 6.45) is 3.10. The molecule has 0 aliphatic heterocycles. The summed E-state index contributed by atoms with van der Waals surface area (Å²) >= 11 is 0. The van der Waals surface area contributed by atoms with E-state index in [1.165, 1.54) is 11.0 Å². The third kappa shape index (κ3) is 3.19. The van der Waals surface area contributed by atoms with Crippen molar-refractivity contribution < 1.29 is 19.1 Å². The maximum absolute atomic E-state index is 12.1. The largest absolute Gasteiger partial charge is 0.480 e. The summed E-state index contributed by atoms with van der Waals surface area (Å²) in [7, 11) is 0. The third-order valence-electron chi connectivity index (χ3n) is 2.74. The average Bonchev–Trinajstić information content (AvgIpc) is 3.12. The second-order valence-electron chi connectivity index (χ2n) is 4.37. The molecule has 0 aromatic carbocycles. The summed E-state index contributed by atoms with van der Waals surface area (Å²) in [5.74, 6) is -1.08. The summed E-state index contributed by atoms with van der Waals surface area (Å²) < 4.78 is 4.60. The topological polar surface area (TPSA) is 87.8 Å². The molecule has 1 aliphatic carbocycles. The van der Waals surface area contributed by atoms with Gasteiger partial charge in [-0.25, -0.2) is 4.79 Å². The second kappa shape index (κ2) is 5.03. The lowest BCUT2D eigenvalue weighted by molar-refractivity contribution is -0.137. The molecule has 1 heterocycles. The highest BCUT2D eigenvalue weighted by Crippen LogP contribution is 2.30. The average molecular weight is 251 g/mol. The van der Waals surface area contributed by atoms with Gasteiger partial charge in [-0.2, -0.15) is 0 Å². The van der Waals surface area contributed by atoms with Gasteiger partial charge in [-0.05, 0) is 24.8 Å². The number of aliphatic carboxylic acids is 1. The molecule has 1 N–H and O–H groups in total. The quantitative estimate of drug-likeness (QED) is 0.826. The zero-order valence-corrected chi connectivity index (χ0v) is 9.67. The monoisotopic (exact) mass is 251 g/mol. The van der Waals surface area contributed by atoms with E-state index < -0.39 is 17.5 Å². The highest BCUT2D eigenvalue weighted by atomic mass is 16.4. The summed E-state index contributed by atoms with van der Waals surface area (Å²) in [4.78, 5) is 34.9. The van der Waals surface area contributed by atoms with Crippen LogP contribution in [0.1, 0.15) is 23.2 Å². The van der Waals surface area contributed by atoms with Gasteiger partial charge in [-0.3, -0.25) is 9.59 Å². The predicted molar refractivity (Wildman–Crippen MR) is 61.2 cm³/mol. The Bertz CT molecular complexity index is 497. The van der Waals surface area contributed by atoms with Gasteiger partial charge >= 0.3 is 11.6 Å². The van der Waals surface area contributed by atoms with Crippen molar-refractivity contribution in [1.82, 2.24) is 4.90 Å². The van der Waals surface area contributed by atoms with Crippen LogP contribution in [-0.4, -0.2) is 35.0 Å². The molecule has 96 valence electrons. The zero-order valence-electron chi connectivity index (χ0n) is 9.67. The third-order valence-corrected chi connectivity index (χ3v) is 2.74. The standard InChI is InChI=1S/C12H13NO5/c14-10(15)6-13(5-8-1-2-8)12(17)9-3-4-11(16)18-7-9/h3-4,7-8H,1-2,5-6H2,(H,14,15). The van der Waals surface area contributed by atoms with Crippen molar-refractivity contribution >= 4 is 11.9 Å². The fraction of sp³-hybridized carbons (Fsp3) is 0.417. The lowest BCUT2D eigenvalue weighted by atomic mass is 10.2. The van der Waals surface area contributed by atoms with Gasteiger partial charge in [0.05, 0.1) is 5.56 Å². The molecule has 18 heavy (non-hydrogen) atoms. The van der Waals surface area contributed by atoms with Crippen molar-refractivity contribution in [3.63, 3.8) is 0 Å². The fourth-order valence-corrected chi connectivity index (χ4v) is 1.66. The fourth-order valence-electron chi connectivity index (χ4n) is 1.66. The summed E-state index contributed by atoms with van der Waals surface area (Å²) in [5.41, 5.74) is -0.352. The lowest BCUT2D eigenvalue weighted by Crippen LogP contribution is -2.37. The molecule has 0 radical (unpaired) electrons. The summed E-state index contributed by atoms with van der Waals surface area (Å²) in [6.45, 7) is 0.0960. The van der Waals surface area contributed by atoms with Crippen LogP contribution in [0.2, 0.25) is 0 Å². The van der Waals surface area contributed by atoms with Crippen molar-refractivity contribution in [3.05, 3.63) is 34.4 Å². The minimum absolute atomic E-state index is 0.191. The molecule has 1 saturated carbocycles. The number of hydrogen-bond donors (Lipinski definition) is 1. The SMILES string of the molecule is O=C(O)CN(CC1CC1)C(=O)c1ccc(=O)oc1. The van der Waals surface area contributed by atoms with Crippen molar-refractivity contribution in [2.75, 3.05) is 13.1 Å². The van der Waals surface area contributed by atoms with Crippen molar-refractivity contribution in [3.8, 4) is 0 Å². The molecular weight excluding hydrogens is 238 g/mol. The van der Waals surface area contributed by atoms with Crippen LogP contribution in [-0.2, 0) is 4.79 Å².